The van der Waals surface area contributed by atoms with Crippen LogP contribution in [0.2, 0.25) is 0 Å². The maximum atomic E-state index is 11.9. The summed E-state index contributed by atoms with van der Waals surface area (Å²) in [5.74, 6) is 0.0827. The van der Waals surface area contributed by atoms with Crippen molar-refractivity contribution in [1.82, 2.24) is 10.2 Å². The molecule has 4 heteroatoms. The van der Waals surface area contributed by atoms with Gasteiger partial charge in [0.2, 0.25) is 5.91 Å². The predicted octanol–water partition coefficient (Wildman–Crippen LogP) is 1.02. The Morgan fingerprint density at radius 2 is 2.22 bits per heavy atom. The van der Waals surface area contributed by atoms with E-state index >= 15 is 0 Å². The average Bonchev–Trinajstić information content (AvgIpc) is 2.40. The number of hydrogen-bond donors (Lipinski definition) is 1. The molecule has 0 aliphatic carbocycles. The predicted molar refractivity (Wildman–Crippen MR) is 70.1 cm³/mol. The van der Waals surface area contributed by atoms with Gasteiger partial charge in [-0.2, -0.15) is 0 Å². The van der Waals surface area contributed by atoms with Crippen molar-refractivity contribution >= 4 is 5.91 Å². The number of nitrogens with one attached hydrogen (secondary N) is 1. The zero-order valence-corrected chi connectivity index (χ0v) is 10.8. The lowest BCUT2D eigenvalue weighted by atomic mass is 10.2. The van der Waals surface area contributed by atoms with Gasteiger partial charge in [-0.1, -0.05) is 30.3 Å². The fraction of sp³-hybridized carbons (Fsp3) is 0.500. The van der Waals surface area contributed by atoms with Crippen LogP contribution in [0.25, 0.3) is 0 Å². The van der Waals surface area contributed by atoms with E-state index in [-0.39, 0.29) is 12.5 Å². The summed E-state index contributed by atoms with van der Waals surface area (Å²) in [5.41, 5.74) is 1.10. The summed E-state index contributed by atoms with van der Waals surface area (Å²) in [6.45, 7) is 5.16. The lowest BCUT2D eigenvalue weighted by molar-refractivity contribution is -0.137. The minimum absolute atomic E-state index is 0.0827. The van der Waals surface area contributed by atoms with Gasteiger partial charge in [0.1, 0.15) is 6.61 Å². The van der Waals surface area contributed by atoms with Crippen LogP contribution in [-0.4, -0.2) is 43.1 Å². The smallest absolute Gasteiger partial charge is 0.248 e. The first-order valence-corrected chi connectivity index (χ1v) is 6.38. The van der Waals surface area contributed by atoms with E-state index in [1.807, 2.05) is 35.2 Å². The van der Waals surface area contributed by atoms with E-state index in [4.69, 9.17) is 4.74 Å². The Balaban J connectivity index is 1.71. The average molecular weight is 248 g/mol. The van der Waals surface area contributed by atoms with Crippen molar-refractivity contribution < 1.29 is 9.53 Å². The van der Waals surface area contributed by atoms with Crippen molar-refractivity contribution in [3.63, 3.8) is 0 Å². The van der Waals surface area contributed by atoms with E-state index in [0.717, 1.165) is 25.2 Å². The van der Waals surface area contributed by atoms with Crippen molar-refractivity contribution in [2.24, 2.45) is 0 Å². The molecule has 1 amide bonds. The molecule has 1 aliphatic heterocycles. The molecule has 1 aliphatic rings. The van der Waals surface area contributed by atoms with E-state index in [0.29, 0.717) is 12.6 Å². The van der Waals surface area contributed by atoms with Crippen molar-refractivity contribution in [1.29, 1.82) is 0 Å². The number of amides is 1. The normalized spacial score (nSPS) is 19.8. The summed E-state index contributed by atoms with van der Waals surface area (Å²) < 4.78 is 5.46. The summed E-state index contributed by atoms with van der Waals surface area (Å²) in [6, 6.07) is 10.3. The van der Waals surface area contributed by atoms with Crippen LogP contribution in [0.15, 0.2) is 30.3 Å². The van der Waals surface area contributed by atoms with Gasteiger partial charge in [-0.25, -0.2) is 0 Å². The topological polar surface area (TPSA) is 41.6 Å². The zero-order valence-electron chi connectivity index (χ0n) is 10.8. The number of benzene rings is 1. The Hall–Kier alpha value is -1.39. The van der Waals surface area contributed by atoms with Gasteiger partial charge in [-0.15, -0.1) is 0 Å². The maximum absolute atomic E-state index is 11.9. The fourth-order valence-electron chi connectivity index (χ4n) is 2.08. The molecular weight excluding hydrogens is 228 g/mol. The van der Waals surface area contributed by atoms with Crippen molar-refractivity contribution in [3.8, 4) is 0 Å². The first-order valence-electron chi connectivity index (χ1n) is 6.38. The molecule has 18 heavy (non-hydrogen) atoms. The third-order valence-corrected chi connectivity index (χ3v) is 3.06. The van der Waals surface area contributed by atoms with E-state index in [1.165, 1.54) is 0 Å². The van der Waals surface area contributed by atoms with Gasteiger partial charge in [0.25, 0.3) is 0 Å². The molecule has 2 rings (SSSR count). The van der Waals surface area contributed by atoms with E-state index < -0.39 is 0 Å². The van der Waals surface area contributed by atoms with Crippen molar-refractivity contribution in [2.75, 3.05) is 26.2 Å². The molecule has 0 bridgehead atoms. The summed E-state index contributed by atoms with van der Waals surface area (Å²) in [5, 5.41) is 3.31. The van der Waals surface area contributed by atoms with E-state index in [2.05, 4.69) is 12.2 Å². The molecule has 1 heterocycles. The van der Waals surface area contributed by atoms with E-state index in [9.17, 15) is 4.79 Å². The molecule has 1 aromatic carbocycles. The molecule has 98 valence electrons. The molecular formula is C14H20N2O2. The molecule has 1 atom stereocenters. The second-order valence-corrected chi connectivity index (χ2v) is 4.67. The Morgan fingerprint density at radius 3 is 2.94 bits per heavy atom. The second-order valence-electron chi connectivity index (χ2n) is 4.67. The van der Waals surface area contributed by atoms with Crippen LogP contribution >= 0.6 is 0 Å². The monoisotopic (exact) mass is 248 g/mol. The summed E-state index contributed by atoms with van der Waals surface area (Å²) in [4.78, 5) is 13.8. The van der Waals surface area contributed by atoms with Crippen LogP contribution in [0.4, 0.5) is 0 Å². The highest BCUT2D eigenvalue weighted by atomic mass is 16.5. The van der Waals surface area contributed by atoms with Crippen molar-refractivity contribution in [3.05, 3.63) is 35.9 Å². The van der Waals surface area contributed by atoms with Gasteiger partial charge in [0.15, 0.2) is 0 Å². The quantitative estimate of drug-likeness (QED) is 0.865. The SMILES string of the molecule is CC1CN(C(=O)COCc2ccccc2)CCN1. The minimum Gasteiger partial charge on any atom is -0.367 e. The molecule has 0 spiro atoms. The standard InChI is InChI=1S/C14H20N2O2/c1-12-9-16(8-7-15-12)14(17)11-18-10-13-5-3-2-4-6-13/h2-6,12,15H,7-11H2,1H3. The van der Waals surface area contributed by atoms with E-state index in [1.54, 1.807) is 0 Å². The molecule has 1 aromatic rings. The van der Waals surface area contributed by atoms with Crippen LogP contribution in [0.3, 0.4) is 0 Å². The number of carbonyl (C=O) groups excluding carboxylic acids is 1. The molecule has 4 nitrogen and oxygen atoms in total. The van der Waals surface area contributed by atoms with Crippen LogP contribution < -0.4 is 5.32 Å². The van der Waals surface area contributed by atoms with Gasteiger partial charge < -0.3 is 15.0 Å². The molecule has 0 radical (unpaired) electrons. The summed E-state index contributed by atoms with van der Waals surface area (Å²) >= 11 is 0. The summed E-state index contributed by atoms with van der Waals surface area (Å²) in [7, 11) is 0. The van der Waals surface area contributed by atoms with Crippen molar-refractivity contribution in [2.45, 2.75) is 19.6 Å². The van der Waals surface area contributed by atoms with Crippen LogP contribution in [0.1, 0.15) is 12.5 Å². The molecule has 1 N–H and O–H groups in total. The van der Waals surface area contributed by atoms with Gasteiger partial charge >= 0.3 is 0 Å². The number of carbonyl (C=O) groups is 1. The highest BCUT2D eigenvalue weighted by Crippen LogP contribution is 2.03. The Labute approximate surface area is 108 Å². The first kappa shape index (κ1) is 13.1. The summed E-state index contributed by atoms with van der Waals surface area (Å²) in [6.07, 6.45) is 0. The van der Waals surface area contributed by atoms with Gasteiger partial charge in [0.05, 0.1) is 6.61 Å². The Kier molecular flexibility index (Phi) is 4.73. The van der Waals surface area contributed by atoms with Crippen LogP contribution in [0.5, 0.6) is 0 Å². The molecule has 0 aromatic heterocycles. The number of nitrogens with zero attached hydrogens (tertiary/aromatic N) is 1. The van der Waals surface area contributed by atoms with Crippen LogP contribution in [-0.2, 0) is 16.1 Å². The number of piperazine rings is 1. The lowest BCUT2D eigenvalue weighted by Gasteiger charge is -2.31. The first-order chi connectivity index (χ1) is 8.75. The second kappa shape index (κ2) is 6.52. The molecule has 1 saturated heterocycles. The molecule has 1 unspecified atom stereocenters. The minimum atomic E-state index is 0.0827. The lowest BCUT2D eigenvalue weighted by Crippen LogP contribution is -2.52. The maximum Gasteiger partial charge on any atom is 0.248 e. The fourth-order valence-corrected chi connectivity index (χ4v) is 2.08. The van der Waals surface area contributed by atoms with Crippen LogP contribution in [0, 0.1) is 0 Å². The van der Waals surface area contributed by atoms with Gasteiger partial charge in [-0.05, 0) is 12.5 Å². The number of rotatable bonds is 4. The third kappa shape index (κ3) is 3.82. The Bertz CT molecular complexity index is 381. The van der Waals surface area contributed by atoms with Gasteiger partial charge in [0, 0.05) is 25.7 Å². The highest BCUT2D eigenvalue weighted by Gasteiger charge is 2.20. The number of hydrogen-bond acceptors (Lipinski definition) is 3. The Morgan fingerprint density at radius 1 is 1.44 bits per heavy atom. The number of ether oxygens (including phenoxy) is 1. The highest BCUT2D eigenvalue weighted by molar-refractivity contribution is 5.77. The third-order valence-electron chi connectivity index (χ3n) is 3.06. The molecule has 1 fully saturated rings. The zero-order chi connectivity index (χ0) is 12.8. The van der Waals surface area contributed by atoms with Gasteiger partial charge in [-0.3, -0.25) is 4.79 Å². The molecule has 0 saturated carbocycles. The largest absolute Gasteiger partial charge is 0.367 e.